The molecular weight excluding hydrogens is 387 g/mol. The molecule has 0 bridgehead atoms. The number of pyridine rings is 1. The second-order valence-electron chi connectivity index (χ2n) is 7.78. The second kappa shape index (κ2) is 7.21. The van der Waals surface area contributed by atoms with Crippen LogP contribution >= 0.6 is 0 Å². The minimum absolute atomic E-state index is 0.0773. The van der Waals surface area contributed by atoms with Gasteiger partial charge in [0, 0.05) is 62.8 Å². The molecule has 0 saturated carbocycles. The van der Waals surface area contributed by atoms with Gasteiger partial charge in [0.05, 0.1) is 5.69 Å². The van der Waals surface area contributed by atoms with Gasteiger partial charge >= 0.3 is 6.03 Å². The molecule has 1 saturated heterocycles. The Morgan fingerprint density at radius 3 is 2.87 bits per heavy atom. The molecule has 30 heavy (non-hydrogen) atoms. The Morgan fingerprint density at radius 2 is 2.07 bits per heavy atom. The minimum atomic E-state index is -0.549. The summed E-state index contributed by atoms with van der Waals surface area (Å²) in [6.07, 6.45) is 2.45. The van der Waals surface area contributed by atoms with E-state index in [0.29, 0.717) is 29.4 Å². The molecule has 2 N–H and O–H groups in total. The number of nitrogens with zero attached hydrogens (tertiary/aromatic N) is 6. The Morgan fingerprint density at radius 1 is 1.27 bits per heavy atom. The van der Waals surface area contributed by atoms with Gasteiger partial charge in [0.15, 0.2) is 0 Å². The molecule has 9 nitrogen and oxygen atoms in total. The predicted octanol–water partition coefficient (Wildman–Crippen LogP) is 1.90. The molecule has 1 fully saturated rings. The Balaban J connectivity index is 1.40. The summed E-state index contributed by atoms with van der Waals surface area (Å²) in [6.45, 7) is 5.41. The first-order valence-corrected chi connectivity index (χ1v) is 10.0. The van der Waals surface area contributed by atoms with Crippen molar-refractivity contribution in [3.05, 3.63) is 35.8 Å². The number of aromatic nitrogens is 4. The van der Waals surface area contributed by atoms with Crippen LogP contribution in [0, 0.1) is 5.82 Å². The lowest BCUT2D eigenvalue weighted by Gasteiger charge is -2.34. The highest BCUT2D eigenvalue weighted by Gasteiger charge is 2.31. The molecular formula is C20H23FN8O. The molecule has 5 rings (SSSR count). The summed E-state index contributed by atoms with van der Waals surface area (Å²) in [5.74, 6) is 0.0875. The van der Waals surface area contributed by atoms with Gasteiger partial charge in [-0.25, -0.2) is 14.2 Å². The van der Waals surface area contributed by atoms with Gasteiger partial charge in [0.2, 0.25) is 0 Å². The standard InChI is InChI=1S/C20H23FN8O/c1-12-11-28(8-6-22-12)18-3-5-23-19-13(18)4-7-29(19)20(30)24-15-10-17-16(9-14(15)21)25-27(2)26-17/h3,5,9-10,12,22H,4,6-8,11H2,1-2H3,(H,24,30)/t12-/m1/s1. The fraction of sp³-hybridized carbons (Fsp3) is 0.400. The van der Waals surface area contributed by atoms with Crippen LogP contribution in [0.2, 0.25) is 0 Å². The van der Waals surface area contributed by atoms with Crippen LogP contribution < -0.4 is 20.4 Å². The van der Waals surface area contributed by atoms with Crippen molar-refractivity contribution >= 4 is 34.3 Å². The van der Waals surface area contributed by atoms with E-state index >= 15 is 0 Å². The Kier molecular flexibility index (Phi) is 4.50. The summed E-state index contributed by atoms with van der Waals surface area (Å²) < 4.78 is 14.5. The molecule has 10 heteroatoms. The van der Waals surface area contributed by atoms with Gasteiger partial charge in [-0.1, -0.05) is 0 Å². The first kappa shape index (κ1) is 18.7. The van der Waals surface area contributed by atoms with E-state index < -0.39 is 11.8 Å². The number of anilines is 3. The van der Waals surface area contributed by atoms with E-state index in [2.05, 4.69) is 37.6 Å². The molecule has 2 aliphatic rings. The van der Waals surface area contributed by atoms with Gasteiger partial charge in [-0.3, -0.25) is 4.90 Å². The lowest BCUT2D eigenvalue weighted by Crippen LogP contribution is -2.49. The van der Waals surface area contributed by atoms with Crippen LogP contribution in [0.15, 0.2) is 24.4 Å². The highest BCUT2D eigenvalue weighted by Crippen LogP contribution is 2.34. The number of carbonyl (C=O) groups excluding carboxylic acids is 1. The molecule has 2 amide bonds. The topological polar surface area (TPSA) is 91.2 Å². The molecule has 1 aromatic carbocycles. The minimum Gasteiger partial charge on any atom is -0.368 e. The third-order valence-electron chi connectivity index (χ3n) is 5.61. The lowest BCUT2D eigenvalue weighted by molar-refractivity contribution is 0.257. The monoisotopic (exact) mass is 410 g/mol. The van der Waals surface area contributed by atoms with E-state index in [9.17, 15) is 9.18 Å². The summed E-state index contributed by atoms with van der Waals surface area (Å²) in [4.78, 5) is 22.7. The van der Waals surface area contributed by atoms with E-state index in [-0.39, 0.29) is 5.69 Å². The van der Waals surface area contributed by atoms with Crippen LogP contribution in [0.25, 0.3) is 11.0 Å². The zero-order chi connectivity index (χ0) is 20.8. The third-order valence-corrected chi connectivity index (χ3v) is 5.61. The molecule has 0 radical (unpaired) electrons. The van der Waals surface area contributed by atoms with Crippen molar-refractivity contribution < 1.29 is 9.18 Å². The average Bonchev–Trinajstić information content (AvgIpc) is 3.30. The molecule has 2 aliphatic heterocycles. The van der Waals surface area contributed by atoms with Crippen molar-refractivity contribution in [3.63, 3.8) is 0 Å². The number of piperazine rings is 1. The van der Waals surface area contributed by atoms with Gasteiger partial charge in [-0.15, -0.1) is 0 Å². The smallest absolute Gasteiger partial charge is 0.327 e. The third kappa shape index (κ3) is 3.22. The Bertz CT molecular complexity index is 1130. The maximum absolute atomic E-state index is 14.5. The summed E-state index contributed by atoms with van der Waals surface area (Å²) in [5, 5.41) is 14.4. The molecule has 2 aromatic heterocycles. The van der Waals surface area contributed by atoms with Crippen LogP contribution in [0.3, 0.4) is 0 Å². The normalized spacial score (nSPS) is 18.7. The van der Waals surface area contributed by atoms with Crippen molar-refractivity contribution in [3.8, 4) is 0 Å². The number of hydrogen-bond acceptors (Lipinski definition) is 6. The zero-order valence-electron chi connectivity index (χ0n) is 16.9. The van der Waals surface area contributed by atoms with Crippen molar-refractivity contribution in [1.82, 2.24) is 25.3 Å². The van der Waals surface area contributed by atoms with Gasteiger partial charge in [0.1, 0.15) is 22.7 Å². The first-order chi connectivity index (χ1) is 14.5. The van der Waals surface area contributed by atoms with E-state index in [0.717, 1.165) is 37.3 Å². The van der Waals surface area contributed by atoms with Crippen LogP contribution in [0.5, 0.6) is 0 Å². The van der Waals surface area contributed by atoms with E-state index in [1.165, 1.54) is 16.9 Å². The lowest BCUT2D eigenvalue weighted by atomic mass is 10.1. The molecule has 3 aromatic rings. The largest absolute Gasteiger partial charge is 0.368 e. The van der Waals surface area contributed by atoms with Gasteiger partial charge in [-0.2, -0.15) is 15.0 Å². The number of halogens is 1. The highest BCUT2D eigenvalue weighted by atomic mass is 19.1. The second-order valence-corrected chi connectivity index (χ2v) is 7.78. The molecule has 0 unspecified atom stereocenters. The van der Waals surface area contributed by atoms with Crippen molar-refractivity contribution in [2.45, 2.75) is 19.4 Å². The van der Waals surface area contributed by atoms with Crippen LogP contribution in [-0.2, 0) is 13.5 Å². The summed E-state index contributed by atoms with van der Waals surface area (Å²) in [7, 11) is 1.67. The number of fused-ring (bicyclic) bond motifs is 2. The van der Waals surface area contributed by atoms with Crippen molar-refractivity contribution in [2.24, 2.45) is 7.05 Å². The van der Waals surface area contributed by atoms with Crippen molar-refractivity contribution in [2.75, 3.05) is 41.3 Å². The number of hydrogen-bond donors (Lipinski definition) is 2. The van der Waals surface area contributed by atoms with E-state index in [1.54, 1.807) is 18.1 Å². The number of aryl methyl sites for hydroxylation is 1. The van der Waals surface area contributed by atoms with Crippen molar-refractivity contribution in [1.29, 1.82) is 0 Å². The number of amides is 2. The SMILES string of the molecule is C[C@@H]1CN(c2ccnc3c2CCN3C(=O)Nc2cc3nn(C)nc3cc2F)CCN1. The van der Waals surface area contributed by atoms with Gasteiger partial charge in [0.25, 0.3) is 0 Å². The van der Waals surface area contributed by atoms with Crippen LogP contribution in [0.4, 0.5) is 26.4 Å². The van der Waals surface area contributed by atoms with Gasteiger partial charge < -0.3 is 15.5 Å². The summed E-state index contributed by atoms with van der Waals surface area (Å²) in [6, 6.07) is 4.78. The zero-order valence-corrected chi connectivity index (χ0v) is 16.9. The quantitative estimate of drug-likeness (QED) is 0.671. The summed E-state index contributed by atoms with van der Waals surface area (Å²) >= 11 is 0. The fourth-order valence-electron chi connectivity index (χ4n) is 4.24. The molecule has 0 aliphatic carbocycles. The molecule has 0 spiro atoms. The highest BCUT2D eigenvalue weighted by molar-refractivity contribution is 6.03. The maximum Gasteiger partial charge on any atom is 0.327 e. The number of nitrogens with one attached hydrogen (secondary N) is 2. The number of benzene rings is 1. The number of rotatable bonds is 2. The number of urea groups is 1. The molecule has 4 heterocycles. The number of carbonyl (C=O) groups is 1. The first-order valence-electron chi connectivity index (χ1n) is 10.0. The van der Waals surface area contributed by atoms with E-state index in [4.69, 9.17) is 0 Å². The van der Waals surface area contributed by atoms with E-state index in [1.807, 2.05) is 6.07 Å². The Labute approximate surface area is 172 Å². The summed E-state index contributed by atoms with van der Waals surface area (Å²) in [5.41, 5.74) is 3.22. The van der Waals surface area contributed by atoms with Crippen LogP contribution in [-0.4, -0.2) is 58.2 Å². The predicted molar refractivity (Wildman–Crippen MR) is 112 cm³/mol. The Hall–Kier alpha value is -3.27. The maximum atomic E-state index is 14.5. The van der Waals surface area contributed by atoms with Crippen LogP contribution in [0.1, 0.15) is 12.5 Å². The average molecular weight is 410 g/mol. The van der Waals surface area contributed by atoms with Gasteiger partial charge in [-0.05, 0) is 25.5 Å². The molecule has 1 atom stereocenters. The fourth-order valence-corrected chi connectivity index (χ4v) is 4.24. The molecule has 156 valence electrons.